The number of aromatic nitrogens is 1. The molecule has 4 rings (SSSR count). The number of carbonyl (C=O) groups excluding carboxylic acids is 1. The zero-order valence-electron chi connectivity index (χ0n) is 19.5. The van der Waals surface area contributed by atoms with Crippen LogP contribution in [0.1, 0.15) is 24.3 Å². The van der Waals surface area contributed by atoms with Crippen LogP contribution in [0.25, 0.3) is 6.08 Å². The number of sulfonamides is 1. The van der Waals surface area contributed by atoms with Crippen molar-refractivity contribution in [3.63, 3.8) is 0 Å². The molecule has 1 atom stereocenters. The normalized spacial score (nSPS) is 15.7. The van der Waals surface area contributed by atoms with E-state index in [1.807, 2.05) is 6.92 Å². The number of benzene rings is 1. The molecule has 1 aliphatic heterocycles. The van der Waals surface area contributed by atoms with Gasteiger partial charge in [-0.3, -0.25) is 9.69 Å². The Labute approximate surface area is 204 Å². The lowest BCUT2D eigenvalue weighted by molar-refractivity contribution is -0.114. The van der Waals surface area contributed by atoms with Crippen molar-refractivity contribution in [2.24, 2.45) is 0 Å². The van der Waals surface area contributed by atoms with E-state index in [4.69, 9.17) is 13.9 Å². The van der Waals surface area contributed by atoms with Crippen molar-refractivity contribution in [1.29, 1.82) is 0 Å². The number of pyridine rings is 1. The Bertz CT molecular complexity index is 1270. The van der Waals surface area contributed by atoms with Crippen LogP contribution in [0.2, 0.25) is 0 Å². The summed E-state index contributed by atoms with van der Waals surface area (Å²) in [5, 5.41) is 0. The van der Waals surface area contributed by atoms with Crippen molar-refractivity contribution < 1.29 is 27.1 Å². The number of hydrogen-bond donors (Lipinski definition) is 0. The van der Waals surface area contributed by atoms with Crippen LogP contribution in [0.15, 0.2) is 76.4 Å². The zero-order valence-corrected chi connectivity index (χ0v) is 20.3. The molecule has 1 amide bonds. The van der Waals surface area contributed by atoms with Gasteiger partial charge in [0.15, 0.2) is 0 Å². The molecule has 0 radical (unpaired) electrons. The summed E-state index contributed by atoms with van der Waals surface area (Å²) in [7, 11) is -2.37. The quantitative estimate of drug-likeness (QED) is 0.439. The Morgan fingerprint density at radius 1 is 1.17 bits per heavy atom. The molecule has 0 N–H and O–H groups in total. The molecule has 1 unspecified atom stereocenters. The number of methoxy groups -OCH3 is 1. The minimum atomic E-state index is -3.79. The second kappa shape index (κ2) is 10.9. The minimum Gasteiger partial charge on any atom is -0.495 e. The molecule has 3 aromatic rings. The van der Waals surface area contributed by atoms with Crippen LogP contribution in [-0.2, 0) is 19.6 Å². The molecule has 0 aliphatic carbocycles. The smallest absolute Gasteiger partial charge is 0.252 e. The average molecular weight is 498 g/mol. The molecule has 1 aliphatic rings. The van der Waals surface area contributed by atoms with E-state index in [0.717, 1.165) is 0 Å². The summed E-state index contributed by atoms with van der Waals surface area (Å²) in [5.41, 5.74) is 0.539. The van der Waals surface area contributed by atoms with Crippen molar-refractivity contribution in [1.82, 2.24) is 9.29 Å². The lowest BCUT2D eigenvalue weighted by Gasteiger charge is -2.27. The van der Waals surface area contributed by atoms with Gasteiger partial charge in [0.1, 0.15) is 22.2 Å². The summed E-state index contributed by atoms with van der Waals surface area (Å²) >= 11 is 0. The molecule has 1 fully saturated rings. The molecule has 9 nitrogen and oxygen atoms in total. The second-order valence-electron chi connectivity index (χ2n) is 7.85. The summed E-state index contributed by atoms with van der Waals surface area (Å²) in [4.78, 5) is 19.2. The maximum atomic E-state index is 13.3. The van der Waals surface area contributed by atoms with E-state index in [2.05, 4.69) is 4.98 Å². The van der Waals surface area contributed by atoms with Crippen molar-refractivity contribution >= 4 is 27.8 Å². The number of nitrogens with zero attached hydrogens (tertiary/aromatic N) is 3. The number of anilines is 1. The first-order chi connectivity index (χ1) is 16.9. The Hall–Kier alpha value is -3.47. The Morgan fingerprint density at radius 2 is 1.97 bits per heavy atom. The molecule has 1 saturated heterocycles. The van der Waals surface area contributed by atoms with E-state index in [1.54, 1.807) is 61.0 Å². The van der Waals surface area contributed by atoms with Crippen LogP contribution in [0, 0.1) is 0 Å². The summed E-state index contributed by atoms with van der Waals surface area (Å²) in [5.74, 6) is 0.986. The predicted molar refractivity (Wildman–Crippen MR) is 130 cm³/mol. The number of ether oxygens (including phenoxy) is 2. The van der Waals surface area contributed by atoms with Crippen LogP contribution in [0.3, 0.4) is 0 Å². The Morgan fingerprint density at radius 3 is 2.63 bits per heavy atom. The first-order valence-corrected chi connectivity index (χ1v) is 12.6. The fourth-order valence-electron chi connectivity index (χ4n) is 3.83. The standard InChI is InChI=1S/C25H27N3O6S/c1-19(21-6-5-15-34-21)28(24-7-3-4-12-26-24)25(29)11-9-20-8-10-22(32-2)23(18-20)35(30,31)27-13-16-33-17-14-27/h3-12,15,18-19H,13-14,16-17H2,1-2H3/b11-9+. The Balaban J connectivity index is 1.64. The van der Waals surface area contributed by atoms with Crippen LogP contribution in [-0.4, -0.2) is 57.0 Å². The van der Waals surface area contributed by atoms with Gasteiger partial charge >= 0.3 is 0 Å². The topological polar surface area (TPSA) is 102 Å². The van der Waals surface area contributed by atoms with Crippen molar-refractivity contribution in [3.8, 4) is 5.75 Å². The van der Waals surface area contributed by atoms with Gasteiger partial charge in [0.25, 0.3) is 5.91 Å². The van der Waals surface area contributed by atoms with Gasteiger partial charge in [0, 0.05) is 25.4 Å². The van der Waals surface area contributed by atoms with Gasteiger partial charge in [-0.1, -0.05) is 12.1 Å². The number of hydrogen-bond acceptors (Lipinski definition) is 7. The lowest BCUT2D eigenvalue weighted by atomic mass is 10.1. The van der Waals surface area contributed by atoms with Gasteiger partial charge in [-0.05, 0) is 55.0 Å². The van der Waals surface area contributed by atoms with E-state index in [0.29, 0.717) is 30.4 Å². The van der Waals surface area contributed by atoms with Gasteiger partial charge in [-0.15, -0.1) is 0 Å². The summed E-state index contributed by atoms with van der Waals surface area (Å²) in [6.45, 7) is 3.07. The van der Waals surface area contributed by atoms with Gasteiger partial charge < -0.3 is 13.9 Å². The molecular weight excluding hydrogens is 470 g/mol. The maximum absolute atomic E-state index is 13.3. The molecule has 0 bridgehead atoms. The van der Waals surface area contributed by atoms with Crippen LogP contribution < -0.4 is 9.64 Å². The third kappa shape index (κ3) is 5.45. The second-order valence-corrected chi connectivity index (χ2v) is 9.75. The predicted octanol–water partition coefficient (Wildman–Crippen LogP) is 3.51. The number of rotatable bonds is 8. The summed E-state index contributed by atoms with van der Waals surface area (Å²) in [6, 6.07) is 13.2. The SMILES string of the molecule is COc1ccc(/C=C/C(=O)N(c2ccccn2)C(C)c2ccco2)cc1S(=O)(=O)N1CCOCC1. The first-order valence-electron chi connectivity index (χ1n) is 11.1. The third-order valence-corrected chi connectivity index (χ3v) is 7.59. The van der Waals surface area contributed by atoms with Crippen LogP contribution >= 0.6 is 0 Å². The molecule has 2 aromatic heterocycles. The van der Waals surface area contributed by atoms with E-state index in [1.165, 1.54) is 28.5 Å². The molecule has 35 heavy (non-hydrogen) atoms. The molecule has 0 saturated carbocycles. The zero-order chi connectivity index (χ0) is 24.8. The number of morpholine rings is 1. The highest BCUT2D eigenvalue weighted by Crippen LogP contribution is 2.30. The van der Waals surface area contributed by atoms with Crippen LogP contribution in [0.5, 0.6) is 5.75 Å². The number of carbonyl (C=O) groups is 1. The van der Waals surface area contributed by atoms with Crippen molar-refractivity contribution in [3.05, 3.63) is 78.4 Å². The molecular formula is C25H27N3O6S. The van der Waals surface area contributed by atoms with Crippen molar-refractivity contribution in [2.75, 3.05) is 38.3 Å². The molecule has 10 heteroatoms. The molecule has 3 heterocycles. The molecule has 0 spiro atoms. The maximum Gasteiger partial charge on any atom is 0.252 e. The minimum absolute atomic E-state index is 0.0436. The highest BCUT2D eigenvalue weighted by atomic mass is 32.2. The van der Waals surface area contributed by atoms with E-state index >= 15 is 0 Å². The number of furan rings is 1. The molecule has 184 valence electrons. The van der Waals surface area contributed by atoms with Gasteiger partial charge in [-0.25, -0.2) is 13.4 Å². The van der Waals surface area contributed by atoms with E-state index in [9.17, 15) is 13.2 Å². The fraction of sp³-hybridized carbons (Fsp3) is 0.280. The highest BCUT2D eigenvalue weighted by molar-refractivity contribution is 7.89. The van der Waals surface area contributed by atoms with Gasteiger partial charge in [0.05, 0.1) is 32.6 Å². The van der Waals surface area contributed by atoms with Crippen molar-refractivity contribution in [2.45, 2.75) is 17.9 Å². The lowest BCUT2D eigenvalue weighted by Crippen LogP contribution is -2.40. The largest absolute Gasteiger partial charge is 0.495 e. The summed E-state index contributed by atoms with van der Waals surface area (Å²) in [6.07, 6.45) is 6.13. The van der Waals surface area contributed by atoms with E-state index < -0.39 is 16.1 Å². The van der Waals surface area contributed by atoms with E-state index in [-0.39, 0.29) is 29.6 Å². The first kappa shape index (κ1) is 24.6. The summed E-state index contributed by atoms with van der Waals surface area (Å²) < 4.78 is 44.0. The third-order valence-electron chi connectivity index (χ3n) is 5.67. The fourth-order valence-corrected chi connectivity index (χ4v) is 5.43. The van der Waals surface area contributed by atoms with Gasteiger partial charge in [-0.2, -0.15) is 4.31 Å². The number of amides is 1. The van der Waals surface area contributed by atoms with Gasteiger partial charge in [0.2, 0.25) is 10.0 Å². The Kier molecular flexibility index (Phi) is 7.64. The average Bonchev–Trinajstić information content (AvgIpc) is 3.44. The molecule has 1 aromatic carbocycles. The monoisotopic (exact) mass is 497 g/mol. The highest BCUT2D eigenvalue weighted by Gasteiger charge is 2.29. The van der Waals surface area contributed by atoms with Crippen LogP contribution in [0.4, 0.5) is 5.82 Å².